The van der Waals surface area contributed by atoms with E-state index in [9.17, 15) is 4.79 Å². The van der Waals surface area contributed by atoms with Gasteiger partial charge in [-0.3, -0.25) is 0 Å². The summed E-state index contributed by atoms with van der Waals surface area (Å²) in [6.07, 6.45) is 4.63. The molecule has 1 fully saturated rings. The molecule has 0 spiro atoms. The van der Waals surface area contributed by atoms with Crippen molar-refractivity contribution in [2.45, 2.75) is 78.5 Å². The van der Waals surface area contributed by atoms with E-state index in [-0.39, 0.29) is 11.5 Å². The Balaban J connectivity index is 1.54. The zero-order valence-electron chi connectivity index (χ0n) is 16.3. The van der Waals surface area contributed by atoms with Gasteiger partial charge in [-0.05, 0) is 63.5 Å². The number of amides is 1. The summed E-state index contributed by atoms with van der Waals surface area (Å²) >= 11 is 1.98. The maximum Gasteiger partial charge on any atom is 0.410 e. The molecule has 0 bridgehead atoms. The van der Waals surface area contributed by atoms with E-state index >= 15 is 0 Å². The van der Waals surface area contributed by atoms with Crippen molar-refractivity contribution in [1.82, 2.24) is 10.2 Å². The third-order valence-corrected chi connectivity index (χ3v) is 6.44. The van der Waals surface area contributed by atoms with E-state index in [0.29, 0.717) is 6.04 Å². The standard InChI is InChI=1S/C20H32N2O2S/c1-19(2,3)24-18(23)22-10-9-17(20(4,5)13-22)21-12-15-11-14-7-6-8-16(14)25-15/h11,17,21H,6-10,12-13H2,1-5H3. The summed E-state index contributed by atoms with van der Waals surface area (Å²) in [6, 6.07) is 2.81. The summed E-state index contributed by atoms with van der Waals surface area (Å²) in [4.78, 5) is 17.3. The molecule has 0 radical (unpaired) electrons. The van der Waals surface area contributed by atoms with Crippen LogP contribution in [0.3, 0.4) is 0 Å². The molecule has 1 aliphatic heterocycles. The average Bonchev–Trinajstić information content (AvgIpc) is 3.04. The second-order valence-corrected chi connectivity index (χ2v) is 10.3. The zero-order valence-corrected chi connectivity index (χ0v) is 17.1. The third-order valence-electron chi connectivity index (χ3n) is 5.20. The van der Waals surface area contributed by atoms with E-state index in [1.54, 1.807) is 10.4 Å². The van der Waals surface area contributed by atoms with Gasteiger partial charge in [0.25, 0.3) is 0 Å². The summed E-state index contributed by atoms with van der Waals surface area (Å²) in [6.45, 7) is 12.7. The van der Waals surface area contributed by atoms with Crippen molar-refractivity contribution in [2.24, 2.45) is 5.41 Å². The van der Waals surface area contributed by atoms with E-state index in [2.05, 4.69) is 25.2 Å². The van der Waals surface area contributed by atoms with Crippen LogP contribution in [0.2, 0.25) is 0 Å². The van der Waals surface area contributed by atoms with E-state index in [1.165, 1.54) is 24.1 Å². The van der Waals surface area contributed by atoms with Crippen LogP contribution in [0.4, 0.5) is 4.79 Å². The molecule has 2 aliphatic rings. The Hall–Kier alpha value is -1.07. The molecule has 5 heteroatoms. The van der Waals surface area contributed by atoms with Crippen molar-refractivity contribution in [1.29, 1.82) is 0 Å². The first-order valence-corrected chi connectivity index (χ1v) is 10.3. The lowest BCUT2D eigenvalue weighted by molar-refractivity contribution is 0.00210. The molecule has 1 aromatic heterocycles. The molecule has 1 amide bonds. The second-order valence-electron chi connectivity index (χ2n) is 9.13. The number of thiophene rings is 1. The molecule has 1 N–H and O–H groups in total. The van der Waals surface area contributed by atoms with Gasteiger partial charge in [0.05, 0.1) is 0 Å². The Labute approximate surface area is 155 Å². The minimum absolute atomic E-state index is 0.0368. The van der Waals surface area contributed by atoms with E-state index in [1.807, 2.05) is 37.0 Å². The number of rotatable bonds is 3. The Bertz CT molecular complexity index is 609. The molecule has 3 rings (SSSR count). The summed E-state index contributed by atoms with van der Waals surface area (Å²) in [7, 11) is 0. The fourth-order valence-electron chi connectivity index (χ4n) is 3.92. The van der Waals surface area contributed by atoms with Crippen LogP contribution >= 0.6 is 11.3 Å². The number of nitrogens with zero attached hydrogens (tertiary/aromatic N) is 1. The molecule has 25 heavy (non-hydrogen) atoms. The highest BCUT2D eigenvalue weighted by molar-refractivity contribution is 7.12. The van der Waals surface area contributed by atoms with Gasteiger partial charge in [-0.25, -0.2) is 4.79 Å². The average molecular weight is 365 g/mol. The van der Waals surface area contributed by atoms with Crippen molar-refractivity contribution < 1.29 is 9.53 Å². The lowest BCUT2D eigenvalue weighted by Gasteiger charge is -2.44. The van der Waals surface area contributed by atoms with Crippen molar-refractivity contribution in [3.63, 3.8) is 0 Å². The van der Waals surface area contributed by atoms with Gasteiger partial charge in [-0.2, -0.15) is 0 Å². The monoisotopic (exact) mass is 364 g/mol. The number of nitrogens with one attached hydrogen (secondary N) is 1. The number of fused-ring (bicyclic) bond motifs is 1. The normalized spacial score (nSPS) is 22.8. The molecular weight excluding hydrogens is 332 g/mol. The maximum absolute atomic E-state index is 12.4. The largest absolute Gasteiger partial charge is 0.444 e. The summed E-state index contributed by atoms with van der Waals surface area (Å²) < 4.78 is 5.54. The number of carbonyl (C=O) groups is 1. The predicted molar refractivity (Wildman–Crippen MR) is 103 cm³/mol. The molecule has 4 nitrogen and oxygen atoms in total. The van der Waals surface area contributed by atoms with Crippen molar-refractivity contribution in [3.8, 4) is 0 Å². The smallest absolute Gasteiger partial charge is 0.410 e. The number of likely N-dealkylation sites (tertiary alicyclic amines) is 1. The molecular formula is C20H32N2O2S. The quantitative estimate of drug-likeness (QED) is 0.866. The Kier molecular flexibility index (Phi) is 5.18. The Morgan fingerprint density at radius 2 is 2.16 bits per heavy atom. The molecule has 0 aromatic carbocycles. The van der Waals surface area contributed by atoms with Gasteiger partial charge < -0.3 is 15.0 Å². The van der Waals surface area contributed by atoms with Crippen LogP contribution in [0.5, 0.6) is 0 Å². The molecule has 1 aromatic rings. The molecule has 1 saturated heterocycles. The highest BCUT2D eigenvalue weighted by Crippen LogP contribution is 2.33. The van der Waals surface area contributed by atoms with Crippen LogP contribution in [-0.4, -0.2) is 35.7 Å². The molecule has 140 valence electrons. The van der Waals surface area contributed by atoms with E-state index in [0.717, 1.165) is 26.1 Å². The summed E-state index contributed by atoms with van der Waals surface area (Å²) in [5, 5.41) is 3.76. The van der Waals surface area contributed by atoms with Crippen molar-refractivity contribution in [3.05, 3.63) is 21.4 Å². The number of hydrogen-bond acceptors (Lipinski definition) is 4. The first-order chi connectivity index (χ1) is 11.6. The second kappa shape index (κ2) is 6.92. The predicted octanol–water partition coefficient (Wildman–Crippen LogP) is 4.36. The van der Waals surface area contributed by atoms with E-state index in [4.69, 9.17) is 4.74 Å². The van der Waals surface area contributed by atoms with Gasteiger partial charge in [-0.1, -0.05) is 13.8 Å². The van der Waals surface area contributed by atoms with Gasteiger partial charge in [0.2, 0.25) is 0 Å². The van der Waals surface area contributed by atoms with Crippen LogP contribution in [0, 0.1) is 5.41 Å². The van der Waals surface area contributed by atoms with Gasteiger partial charge in [0.15, 0.2) is 0 Å². The van der Waals surface area contributed by atoms with E-state index < -0.39 is 5.60 Å². The van der Waals surface area contributed by atoms with Gasteiger partial charge in [0.1, 0.15) is 5.60 Å². The highest BCUT2D eigenvalue weighted by Gasteiger charge is 2.38. The fraction of sp³-hybridized carbons (Fsp3) is 0.750. The third kappa shape index (κ3) is 4.56. The summed E-state index contributed by atoms with van der Waals surface area (Å²) in [5.41, 5.74) is 1.17. The molecule has 1 atom stereocenters. The van der Waals surface area contributed by atoms with Crippen LogP contribution in [0.25, 0.3) is 0 Å². The Morgan fingerprint density at radius 1 is 1.40 bits per heavy atom. The first kappa shape index (κ1) is 18.7. The van der Waals surface area contributed by atoms with Gasteiger partial charge >= 0.3 is 6.09 Å². The summed E-state index contributed by atoms with van der Waals surface area (Å²) in [5.74, 6) is 0. The van der Waals surface area contributed by atoms with Gasteiger partial charge in [0, 0.05) is 35.4 Å². The topological polar surface area (TPSA) is 41.6 Å². The van der Waals surface area contributed by atoms with Crippen LogP contribution in [-0.2, 0) is 24.1 Å². The fourth-order valence-corrected chi connectivity index (χ4v) is 5.13. The first-order valence-electron chi connectivity index (χ1n) is 9.46. The number of aryl methyl sites for hydroxylation is 2. The van der Waals surface area contributed by atoms with Crippen LogP contribution < -0.4 is 5.32 Å². The number of hydrogen-bond donors (Lipinski definition) is 1. The van der Waals surface area contributed by atoms with Crippen LogP contribution in [0.15, 0.2) is 6.07 Å². The number of piperidine rings is 1. The number of ether oxygens (including phenoxy) is 1. The minimum Gasteiger partial charge on any atom is -0.444 e. The lowest BCUT2D eigenvalue weighted by atomic mass is 9.79. The molecule has 1 aliphatic carbocycles. The zero-order chi connectivity index (χ0) is 18.2. The molecule has 0 saturated carbocycles. The highest BCUT2D eigenvalue weighted by atomic mass is 32.1. The molecule has 2 heterocycles. The van der Waals surface area contributed by atoms with Crippen molar-refractivity contribution >= 4 is 17.4 Å². The van der Waals surface area contributed by atoms with Gasteiger partial charge in [-0.15, -0.1) is 11.3 Å². The maximum atomic E-state index is 12.4. The molecule has 1 unspecified atom stereocenters. The SMILES string of the molecule is CC(C)(C)OC(=O)N1CCC(NCc2cc3c(s2)CCC3)C(C)(C)C1. The van der Waals surface area contributed by atoms with Crippen LogP contribution in [0.1, 0.15) is 62.8 Å². The minimum atomic E-state index is -0.435. The Morgan fingerprint density at radius 3 is 2.80 bits per heavy atom. The van der Waals surface area contributed by atoms with Crippen molar-refractivity contribution in [2.75, 3.05) is 13.1 Å². The lowest BCUT2D eigenvalue weighted by Crippen LogP contribution is -2.56. The number of carbonyl (C=O) groups excluding carboxylic acids is 1.